The molecule has 0 aliphatic rings. The summed E-state index contributed by atoms with van der Waals surface area (Å²) in [6, 6.07) is 2.27. The third-order valence-electron chi connectivity index (χ3n) is 5.47. The number of halogens is 1. The number of thiophene rings is 1. The monoisotopic (exact) mass is 329 g/mol. The highest BCUT2D eigenvalue weighted by Gasteiger charge is 2.48. The van der Waals surface area contributed by atoms with Gasteiger partial charge in [-0.1, -0.05) is 13.8 Å². The van der Waals surface area contributed by atoms with E-state index in [4.69, 9.17) is 11.6 Å². The number of hydrogen-bond donors (Lipinski definition) is 0. The van der Waals surface area contributed by atoms with Crippen LogP contribution in [0.5, 0.6) is 0 Å². The Balaban J connectivity index is 3.30. The summed E-state index contributed by atoms with van der Waals surface area (Å²) in [5, 5.41) is -0.326. The Kier molecular flexibility index (Phi) is 5.05. The number of rotatable bonds is 5. The number of nitrogens with zero attached hydrogens (tertiary/aromatic N) is 1. The van der Waals surface area contributed by atoms with Crippen molar-refractivity contribution in [3.05, 3.63) is 21.4 Å². The van der Waals surface area contributed by atoms with Crippen molar-refractivity contribution in [3.63, 3.8) is 0 Å². The second kappa shape index (κ2) is 5.68. The normalized spacial score (nSPS) is 13.9. The van der Waals surface area contributed by atoms with Crippen LogP contribution in [0.4, 0.5) is 0 Å². The molecule has 1 rings (SSSR count). The van der Waals surface area contributed by atoms with E-state index >= 15 is 0 Å². The third kappa shape index (κ3) is 3.06. The summed E-state index contributed by atoms with van der Waals surface area (Å²) in [5.74, 6) is 0. The first-order valence-electron chi connectivity index (χ1n) is 7.27. The third-order valence-corrected chi connectivity index (χ3v) is 7.41. The second-order valence-corrected chi connectivity index (χ2v) is 9.03. The first-order chi connectivity index (χ1) is 9.26. The fourth-order valence-electron chi connectivity index (χ4n) is 2.43. The quantitative estimate of drug-likeness (QED) is 0.716. The molecule has 0 saturated heterocycles. The highest BCUT2D eigenvalue weighted by molar-refractivity contribution is 7.12. The molecule has 0 atom stereocenters. The van der Waals surface area contributed by atoms with Gasteiger partial charge in [-0.05, 0) is 71.8 Å². The van der Waals surface area contributed by atoms with E-state index in [0.29, 0.717) is 0 Å². The van der Waals surface area contributed by atoms with Crippen molar-refractivity contribution in [2.75, 3.05) is 7.05 Å². The van der Waals surface area contributed by atoms with E-state index in [1.165, 1.54) is 15.3 Å². The minimum Gasteiger partial charge on any atom is -0.287 e. The molecule has 120 valence electrons. The van der Waals surface area contributed by atoms with Crippen molar-refractivity contribution in [1.82, 2.24) is 4.90 Å². The lowest BCUT2D eigenvalue weighted by molar-refractivity contribution is -0.125. The predicted molar refractivity (Wildman–Crippen MR) is 93.6 cm³/mol. The van der Waals surface area contributed by atoms with E-state index in [-0.39, 0.29) is 16.2 Å². The summed E-state index contributed by atoms with van der Waals surface area (Å²) in [6.45, 7) is 16.9. The summed E-state index contributed by atoms with van der Waals surface area (Å²) in [6.07, 6.45) is 0. The molecule has 21 heavy (non-hydrogen) atoms. The van der Waals surface area contributed by atoms with Crippen LogP contribution in [0.15, 0.2) is 6.07 Å². The summed E-state index contributed by atoms with van der Waals surface area (Å²) in [5.41, 5.74) is 0.290. The molecule has 1 aromatic heterocycles. The van der Waals surface area contributed by atoms with E-state index < -0.39 is 5.54 Å². The van der Waals surface area contributed by atoms with Crippen molar-refractivity contribution in [2.24, 2.45) is 0 Å². The highest BCUT2D eigenvalue weighted by Crippen LogP contribution is 2.44. The summed E-state index contributed by atoms with van der Waals surface area (Å²) in [7, 11) is 1.98. The number of hydrogen-bond acceptors (Lipinski definition) is 3. The molecule has 0 aliphatic carbocycles. The molecule has 2 nitrogen and oxygen atoms in total. The lowest BCUT2D eigenvalue weighted by Crippen LogP contribution is -2.63. The maximum Gasteiger partial charge on any atom is 0.241 e. The van der Waals surface area contributed by atoms with Crippen LogP contribution in [0.1, 0.15) is 56.9 Å². The molecule has 0 aromatic carbocycles. The van der Waals surface area contributed by atoms with Gasteiger partial charge in [-0.3, -0.25) is 9.69 Å². The molecule has 0 saturated carbocycles. The molecular weight excluding hydrogens is 302 g/mol. The number of carbonyl (C=O) groups is 1. The van der Waals surface area contributed by atoms with Gasteiger partial charge in [0, 0.05) is 20.7 Å². The standard InChI is InChI=1S/C17H28ClNOS/c1-11-10-13(21-12(11)2)15(3,4)17(7,8)19(9)16(5,6)14(18)20/h10H,1-9H3. The van der Waals surface area contributed by atoms with Gasteiger partial charge >= 0.3 is 0 Å². The predicted octanol–water partition coefficient (Wildman–Crippen LogP) is 4.90. The Hall–Kier alpha value is -0.380. The Bertz CT molecular complexity index is 523. The van der Waals surface area contributed by atoms with Gasteiger partial charge < -0.3 is 0 Å². The fraction of sp³-hybridized carbons (Fsp3) is 0.706. The first kappa shape index (κ1) is 18.7. The van der Waals surface area contributed by atoms with Crippen LogP contribution in [0.3, 0.4) is 0 Å². The van der Waals surface area contributed by atoms with Gasteiger partial charge in [0.15, 0.2) is 0 Å². The molecule has 0 aliphatic heterocycles. The first-order valence-corrected chi connectivity index (χ1v) is 8.47. The Morgan fingerprint density at radius 1 is 1.14 bits per heavy atom. The van der Waals surface area contributed by atoms with Crippen LogP contribution in [0.25, 0.3) is 0 Å². The van der Waals surface area contributed by atoms with E-state index in [2.05, 4.69) is 52.5 Å². The largest absolute Gasteiger partial charge is 0.287 e. The van der Waals surface area contributed by atoms with Crippen molar-refractivity contribution in [2.45, 2.75) is 71.9 Å². The van der Waals surface area contributed by atoms with Crippen LogP contribution in [-0.4, -0.2) is 28.3 Å². The summed E-state index contributed by atoms with van der Waals surface area (Å²) in [4.78, 5) is 16.6. The van der Waals surface area contributed by atoms with Crippen molar-refractivity contribution in [3.8, 4) is 0 Å². The molecule has 1 aromatic rings. The lowest BCUT2D eigenvalue weighted by Gasteiger charge is -2.52. The van der Waals surface area contributed by atoms with Crippen molar-refractivity contribution < 1.29 is 4.79 Å². The molecule has 0 fully saturated rings. The van der Waals surface area contributed by atoms with Gasteiger partial charge in [0.25, 0.3) is 0 Å². The average Bonchev–Trinajstić information content (AvgIpc) is 2.68. The van der Waals surface area contributed by atoms with Crippen LogP contribution in [0, 0.1) is 13.8 Å². The topological polar surface area (TPSA) is 20.3 Å². The molecule has 1 heterocycles. The molecule has 0 unspecified atom stereocenters. The Morgan fingerprint density at radius 3 is 1.95 bits per heavy atom. The highest BCUT2D eigenvalue weighted by atomic mass is 35.5. The van der Waals surface area contributed by atoms with E-state index in [1.54, 1.807) is 0 Å². The van der Waals surface area contributed by atoms with Gasteiger partial charge in [-0.2, -0.15) is 0 Å². The molecule has 0 spiro atoms. The molecule has 0 N–H and O–H groups in total. The maximum absolute atomic E-state index is 11.8. The maximum atomic E-state index is 11.8. The average molecular weight is 330 g/mol. The minimum absolute atomic E-state index is 0.102. The van der Waals surface area contributed by atoms with Crippen LogP contribution < -0.4 is 0 Å². The van der Waals surface area contributed by atoms with Gasteiger partial charge in [0.05, 0.1) is 5.54 Å². The van der Waals surface area contributed by atoms with E-state index in [0.717, 1.165) is 0 Å². The number of carbonyl (C=O) groups excluding carboxylic acids is 1. The fourth-order valence-corrected chi connectivity index (χ4v) is 3.85. The smallest absolute Gasteiger partial charge is 0.241 e. The number of aryl methyl sites for hydroxylation is 2. The number of likely N-dealkylation sites (N-methyl/N-ethyl adjacent to an activating group) is 1. The SMILES string of the molecule is Cc1cc(C(C)(C)C(C)(C)N(C)C(C)(C)C(=O)Cl)sc1C. The van der Waals surface area contributed by atoms with E-state index in [1.807, 2.05) is 32.2 Å². The van der Waals surface area contributed by atoms with Crippen LogP contribution in [-0.2, 0) is 10.2 Å². The summed E-state index contributed by atoms with van der Waals surface area (Å²) >= 11 is 7.66. The zero-order chi connectivity index (χ0) is 16.8. The van der Waals surface area contributed by atoms with E-state index in [9.17, 15) is 4.79 Å². The second-order valence-electron chi connectivity index (χ2n) is 7.43. The molecule has 0 radical (unpaired) electrons. The molecular formula is C17H28ClNOS. The van der Waals surface area contributed by atoms with Gasteiger partial charge in [0.1, 0.15) is 0 Å². The zero-order valence-corrected chi connectivity index (χ0v) is 16.3. The lowest BCUT2D eigenvalue weighted by atomic mass is 9.71. The van der Waals surface area contributed by atoms with Gasteiger partial charge in [-0.25, -0.2) is 0 Å². The molecule has 0 amide bonds. The summed E-state index contributed by atoms with van der Waals surface area (Å²) < 4.78 is 0. The van der Waals surface area contributed by atoms with Crippen LogP contribution in [0.2, 0.25) is 0 Å². The molecule has 4 heteroatoms. The Morgan fingerprint density at radius 2 is 1.62 bits per heavy atom. The minimum atomic E-state index is -0.705. The zero-order valence-electron chi connectivity index (χ0n) is 14.7. The van der Waals surface area contributed by atoms with Crippen LogP contribution >= 0.6 is 22.9 Å². The van der Waals surface area contributed by atoms with Gasteiger partial charge in [0.2, 0.25) is 5.24 Å². The van der Waals surface area contributed by atoms with Crippen molar-refractivity contribution in [1.29, 1.82) is 0 Å². The van der Waals surface area contributed by atoms with Crippen molar-refractivity contribution >= 4 is 28.2 Å². The molecule has 0 bridgehead atoms. The Labute approximate surface area is 138 Å². The van der Waals surface area contributed by atoms with Gasteiger partial charge in [-0.15, -0.1) is 11.3 Å².